The van der Waals surface area contributed by atoms with Gasteiger partial charge in [0.25, 0.3) is 5.79 Å². The standard InChI is InChI=1S/C29H52N2O18/c1-12-14(35)8-29(28(42)43,49-24(12)19(37)15(36)9-32)45-11-17-20(38)22(40)18(31-13(2)34)26(47-17)48-25-21(39)16(10-33)46-27(23(25)41)44-7-5-3-4-6-30/h12,14-27,32-33,35-41H,3-11,30H2,1-2H3,(H,31,34)(H,42,43)/t12-,14-,15-,16?,17?,18+,19-,20-,21-,22-,23+,24?,25+,26?,27?,29-/m1/s1. The molecule has 3 aliphatic rings. The second-order valence-corrected chi connectivity index (χ2v) is 12.6. The molecule has 3 rings (SSSR count). The zero-order valence-corrected chi connectivity index (χ0v) is 27.3. The maximum Gasteiger partial charge on any atom is 0.364 e. The van der Waals surface area contributed by atoms with Gasteiger partial charge in [-0.2, -0.15) is 0 Å². The number of unbranched alkanes of at least 4 members (excludes halogenated alkanes) is 2. The third-order valence-electron chi connectivity index (χ3n) is 8.97. The van der Waals surface area contributed by atoms with Gasteiger partial charge in [0.2, 0.25) is 5.91 Å². The summed E-state index contributed by atoms with van der Waals surface area (Å²) < 4.78 is 34.0. The monoisotopic (exact) mass is 716 g/mol. The summed E-state index contributed by atoms with van der Waals surface area (Å²) in [6, 6.07) is -1.52. The molecule has 0 bridgehead atoms. The Labute approximate surface area is 282 Å². The minimum absolute atomic E-state index is 0.124. The fourth-order valence-corrected chi connectivity index (χ4v) is 5.97. The molecular formula is C29H52N2O18. The van der Waals surface area contributed by atoms with E-state index in [9.17, 15) is 60.7 Å². The van der Waals surface area contributed by atoms with E-state index in [4.69, 9.17) is 34.2 Å². The lowest BCUT2D eigenvalue weighted by Crippen LogP contribution is -2.68. The predicted octanol–water partition coefficient (Wildman–Crippen LogP) is -5.79. The van der Waals surface area contributed by atoms with Gasteiger partial charge in [-0.25, -0.2) is 4.79 Å². The average molecular weight is 717 g/mol. The van der Waals surface area contributed by atoms with Crippen LogP contribution in [0.5, 0.6) is 0 Å². The minimum atomic E-state index is -2.68. The van der Waals surface area contributed by atoms with Crippen molar-refractivity contribution in [3.8, 4) is 0 Å². The second-order valence-electron chi connectivity index (χ2n) is 12.6. The summed E-state index contributed by atoms with van der Waals surface area (Å²) in [6.07, 6.45) is -20.1. The Kier molecular flexibility index (Phi) is 15.9. The van der Waals surface area contributed by atoms with Crippen LogP contribution in [-0.2, 0) is 38.0 Å². The number of carbonyl (C=O) groups excluding carboxylic acids is 1. The zero-order chi connectivity index (χ0) is 36.6. The van der Waals surface area contributed by atoms with E-state index >= 15 is 0 Å². The molecule has 0 saturated carbocycles. The van der Waals surface area contributed by atoms with Crippen molar-refractivity contribution in [3.63, 3.8) is 0 Å². The van der Waals surface area contributed by atoms with Gasteiger partial charge < -0.3 is 90.5 Å². The summed E-state index contributed by atoms with van der Waals surface area (Å²) >= 11 is 0. The number of ether oxygens (including phenoxy) is 6. The van der Waals surface area contributed by atoms with Crippen molar-refractivity contribution in [2.75, 3.05) is 33.0 Å². The van der Waals surface area contributed by atoms with Gasteiger partial charge in [0.1, 0.15) is 61.0 Å². The van der Waals surface area contributed by atoms with Gasteiger partial charge in [0, 0.05) is 25.9 Å². The molecule has 0 aromatic heterocycles. The van der Waals surface area contributed by atoms with Gasteiger partial charge in [-0.05, 0) is 25.8 Å². The third-order valence-corrected chi connectivity index (χ3v) is 8.97. The fraction of sp³-hybridized carbons (Fsp3) is 0.931. The van der Waals surface area contributed by atoms with Crippen LogP contribution in [0.15, 0.2) is 0 Å². The SMILES string of the molecule is CC(=O)N[C@@H]1C(O[C@H]2[C@H](O)C(CO)OC(OCCCCCN)[C@H]2O)OC(CO[C@]2(C(=O)O)C[C@@H](O)[C@@H](C)C([C@H](O)[C@H](O)CO)O2)[C@@H](O)[C@@H]1O. The fourth-order valence-electron chi connectivity index (χ4n) is 5.97. The molecule has 1 amide bonds. The topological polar surface area (TPSA) is 330 Å². The Morgan fingerprint density at radius 3 is 2.22 bits per heavy atom. The maximum absolute atomic E-state index is 12.5. The number of aliphatic hydroxyl groups excluding tert-OH is 9. The van der Waals surface area contributed by atoms with E-state index < -0.39 is 136 Å². The highest BCUT2D eigenvalue weighted by molar-refractivity contribution is 5.76. The highest BCUT2D eigenvalue weighted by Crippen LogP contribution is 2.37. The van der Waals surface area contributed by atoms with E-state index in [-0.39, 0.29) is 6.61 Å². The smallest absolute Gasteiger partial charge is 0.364 e. The van der Waals surface area contributed by atoms with Crippen LogP contribution in [0.25, 0.3) is 0 Å². The molecule has 0 spiro atoms. The lowest BCUT2D eigenvalue weighted by Gasteiger charge is -2.48. The summed E-state index contributed by atoms with van der Waals surface area (Å²) in [6.45, 7) is 0.632. The number of aliphatic hydroxyl groups is 9. The molecule has 3 heterocycles. The average Bonchev–Trinajstić information content (AvgIpc) is 3.06. The van der Waals surface area contributed by atoms with Crippen molar-refractivity contribution < 1.29 is 89.1 Å². The van der Waals surface area contributed by atoms with E-state index in [1.165, 1.54) is 6.92 Å². The molecule has 49 heavy (non-hydrogen) atoms. The van der Waals surface area contributed by atoms with Crippen molar-refractivity contribution >= 4 is 11.9 Å². The molecule has 20 heteroatoms. The number of nitrogens with two attached hydrogens (primary N) is 1. The van der Waals surface area contributed by atoms with E-state index in [0.717, 1.165) is 19.8 Å². The van der Waals surface area contributed by atoms with Crippen LogP contribution >= 0.6 is 0 Å². The Morgan fingerprint density at radius 2 is 1.63 bits per heavy atom. The first-order valence-electron chi connectivity index (χ1n) is 16.2. The van der Waals surface area contributed by atoms with Crippen LogP contribution in [0.3, 0.4) is 0 Å². The number of hydrogen-bond acceptors (Lipinski definition) is 18. The van der Waals surface area contributed by atoms with Crippen LogP contribution in [0.1, 0.15) is 39.5 Å². The Hall–Kier alpha value is -1.70. The van der Waals surface area contributed by atoms with Gasteiger partial charge >= 0.3 is 5.97 Å². The van der Waals surface area contributed by atoms with E-state index in [1.807, 2.05) is 0 Å². The number of hydrogen-bond donors (Lipinski definition) is 12. The molecule has 13 N–H and O–H groups in total. The van der Waals surface area contributed by atoms with Crippen molar-refractivity contribution in [1.29, 1.82) is 0 Å². The highest BCUT2D eigenvalue weighted by Gasteiger charge is 2.56. The van der Waals surface area contributed by atoms with Gasteiger partial charge in [-0.3, -0.25) is 4.79 Å². The molecule has 3 saturated heterocycles. The summed E-state index contributed by atoms with van der Waals surface area (Å²) in [5.41, 5.74) is 5.50. The van der Waals surface area contributed by atoms with Crippen LogP contribution in [0.2, 0.25) is 0 Å². The molecule has 20 nitrogen and oxygen atoms in total. The number of nitrogens with one attached hydrogen (secondary N) is 1. The van der Waals surface area contributed by atoms with Crippen molar-refractivity contribution in [3.05, 3.63) is 0 Å². The first-order valence-corrected chi connectivity index (χ1v) is 16.2. The number of aliphatic carboxylic acids is 1. The van der Waals surface area contributed by atoms with E-state index in [2.05, 4.69) is 5.32 Å². The predicted molar refractivity (Wildman–Crippen MR) is 160 cm³/mol. The second kappa shape index (κ2) is 18.7. The molecular weight excluding hydrogens is 664 g/mol. The Bertz CT molecular complexity index is 1050. The maximum atomic E-state index is 12.5. The van der Waals surface area contributed by atoms with Gasteiger partial charge in [0.15, 0.2) is 12.6 Å². The quantitative estimate of drug-likeness (QED) is 0.0624. The minimum Gasteiger partial charge on any atom is -0.477 e. The third kappa shape index (κ3) is 10.0. The number of rotatable bonds is 17. The van der Waals surface area contributed by atoms with Crippen LogP contribution in [0, 0.1) is 5.92 Å². The molecule has 3 fully saturated rings. The van der Waals surface area contributed by atoms with E-state index in [1.54, 1.807) is 0 Å². The summed E-state index contributed by atoms with van der Waals surface area (Å²) in [5.74, 6) is -6.06. The molecule has 16 atom stereocenters. The Morgan fingerprint density at radius 1 is 0.959 bits per heavy atom. The first-order chi connectivity index (χ1) is 23.1. The highest BCUT2D eigenvalue weighted by atomic mass is 16.8. The lowest BCUT2D eigenvalue weighted by molar-refractivity contribution is -0.357. The van der Waals surface area contributed by atoms with Crippen LogP contribution in [0.4, 0.5) is 0 Å². The molecule has 0 aliphatic carbocycles. The Balaban J connectivity index is 1.83. The summed E-state index contributed by atoms with van der Waals surface area (Å²) in [4.78, 5) is 24.5. The molecule has 5 unspecified atom stereocenters. The van der Waals surface area contributed by atoms with Crippen molar-refractivity contribution in [2.45, 2.75) is 131 Å². The summed E-state index contributed by atoms with van der Waals surface area (Å²) in [5, 5.41) is 107. The number of carboxylic acid groups (broad SMARTS) is 1. The van der Waals surface area contributed by atoms with Gasteiger partial charge in [-0.15, -0.1) is 0 Å². The normalized spacial score (nSPS) is 41.2. The number of carboxylic acids is 1. The molecule has 0 aromatic carbocycles. The molecule has 0 radical (unpaired) electrons. The molecule has 286 valence electrons. The van der Waals surface area contributed by atoms with Crippen molar-refractivity contribution in [2.24, 2.45) is 11.7 Å². The van der Waals surface area contributed by atoms with E-state index in [0.29, 0.717) is 13.0 Å². The summed E-state index contributed by atoms with van der Waals surface area (Å²) in [7, 11) is 0. The number of carbonyl (C=O) groups is 2. The first kappa shape index (κ1) is 41.7. The molecule has 3 aliphatic heterocycles. The van der Waals surface area contributed by atoms with Crippen molar-refractivity contribution in [1.82, 2.24) is 5.32 Å². The van der Waals surface area contributed by atoms with Crippen LogP contribution < -0.4 is 11.1 Å². The zero-order valence-electron chi connectivity index (χ0n) is 27.3. The molecule has 0 aromatic rings. The van der Waals surface area contributed by atoms with Gasteiger partial charge in [0.05, 0.1) is 32.0 Å². The van der Waals surface area contributed by atoms with Crippen LogP contribution in [-0.4, -0.2) is 187 Å². The number of amides is 1. The lowest BCUT2D eigenvalue weighted by atomic mass is 9.84. The van der Waals surface area contributed by atoms with Gasteiger partial charge in [-0.1, -0.05) is 6.92 Å². The largest absolute Gasteiger partial charge is 0.477 e.